The molecule has 0 spiro atoms. The van der Waals surface area contributed by atoms with Gasteiger partial charge in [-0.3, -0.25) is 5.32 Å². The second-order valence-corrected chi connectivity index (χ2v) is 5.66. The number of nitrogens with one attached hydrogen (secondary N) is 1. The SMILES string of the molecule is C=C(OC)C(N)Cc1ccnc(NC(=O)OC(C)(C)C)c1. The van der Waals surface area contributed by atoms with Crippen LogP contribution in [0.4, 0.5) is 10.6 Å². The molecule has 6 nitrogen and oxygen atoms in total. The number of methoxy groups -OCH3 is 1. The Bertz CT molecular complexity index is 509. The van der Waals surface area contributed by atoms with Crippen LogP contribution in [-0.2, 0) is 15.9 Å². The van der Waals surface area contributed by atoms with Crippen molar-refractivity contribution in [3.05, 3.63) is 36.2 Å². The van der Waals surface area contributed by atoms with E-state index >= 15 is 0 Å². The summed E-state index contributed by atoms with van der Waals surface area (Å²) < 4.78 is 10.2. The van der Waals surface area contributed by atoms with Gasteiger partial charge in [-0.25, -0.2) is 9.78 Å². The van der Waals surface area contributed by atoms with Crippen molar-refractivity contribution in [2.45, 2.75) is 38.8 Å². The Kier molecular flexibility index (Phi) is 5.72. The van der Waals surface area contributed by atoms with Gasteiger partial charge in [0.1, 0.15) is 17.2 Å². The van der Waals surface area contributed by atoms with Crippen LogP contribution >= 0.6 is 0 Å². The number of amides is 1. The Labute approximate surface area is 125 Å². The van der Waals surface area contributed by atoms with Gasteiger partial charge < -0.3 is 15.2 Å². The molecule has 1 rings (SSSR count). The molecule has 0 radical (unpaired) electrons. The standard InChI is InChI=1S/C15H23N3O3/c1-10(20-5)12(16)8-11-6-7-17-13(9-11)18-14(19)21-15(2,3)4/h6-7,9,12H,1,8,16H2,2-5H3,(H,17,18,19). The zero-order chi connectivity index (χ0) is 16.0. The Morgan fingerprint density at radius 1 is 1.52 bits per heavy atom. The second-order valence-electron chi connectivity index (χ2n) is 5.66. The number of ether oxygens (including phenoxy) is 2. The molecule has 0 aliphatic rings. The topological polar surface area (TPSA) is 86.5 Å². The summed E-state index contributed by atoms with van der Waals surface area (Å²) >= 11 is 0. The molecular formula is C15H23N3O3. The highest BCUT2D eigenvalue weighted by Crippen LogP contribution is 2.13. The summed E-state index contributed by atoms with van der Waals surface area (Å²) in [6.07, 6.45) is 1.60. The monoisotopic (exact) mass is 293 g/mol. The molecule has 1 heterocycles. The summed E-state index contributed by atoms with van der Waals surface area (Å²) in [6.45, 7) is 9.12. The molecule has 1 atom stereocenters. The molecule has 1 aromatic rings. The lowest BCUT2D eigenvalue weighted by Gasteiger charge is -2.19. The number of nitrogens with two attached hydrogens (primary N) is 1. The average molecular weight is 293 g/mol. The number of carbonyl (C=O) groups excluding carboxylic acids is 1. The number of rotatable bonds is 5. The quantitative estimate of drug-likeness (QED) is 0.814. The first kappa shape index (κ1) is 17.0. The number of hydrogen-bond donors (Lipinski definition) is 2. The Morgan fingerprint density at radius 2 is 2.19 bits per heavy atom. The van der Waals surface area contributed by atoms with Gasteiger partial charge in [-0.15, -0.1) is 0 Å². The molecule has 116 valence electrons. The van der Waals surface area contributed by atoms with E-state index in [2.05, 4.69) is 16.9 Å². The fourth-order valence-electron chi connectivity index (χ4n) is 1.60. The molecule has 1 aromatic heterocycles. The van der Waals surface area contributed by atoms with E-state index in [0.29, 0.717) is 18.0 Å². The lowest BCUT2D eigenvalue weighted by atomic mass is 10.1. The Hall–Kier alpha value is -2.08. The van der Waals surface area contributed by atoms with Crippen molar-refractivity contribution >= 4 is 11.9 Å². The highest BCUT2D eigenvalue weighted by molar-refractivity contribution is 5.83. The van der Waals surface area contributed by atoms with Gasteiger partial charge in [-0.2, -0.15) is 0 Å². The van der Waals surface area contributed by atoms with Crippen LogP contribution in [-0.4, -0.2) is 29.8 Å². The van der Waals surface area contributed by atoms with Crippen molar-refractivity contribution in [1.82, 2.24) is 4.98 Å². The van der Waals surface area contributed by atoms with Crippen LogP contribution < -0.4 is 11.1 Å². The minimum Gasteiger partial charge on any atom is -0.500 e. The molecule has 1 amide bonds. The molecule has 0 saturated carbocycles. The lowest BCUT2D eigenvalue weighted by Crippen LogP contribution is -2.28. The summed E-state index contributed by atoms with van der Waals surface area (Å²) in [4.78, 5) is 15.8. The zero-order valence-corrected chi connectivity index (χ0v) is 13.0. The van der Waals surface area contributed by atoms with Gasteiger partial charge in [0.2, 0.25) is 0 Å². The van der Waals surface area contributed by atoms with Gasteiger partial charge in [-0.05, 0) is 44.9 Å². The van der Waals surface area contributed by atoms with Gasteiger partial charge in [0, 0.05) is 6.20 Å². The van der Waals surface area contributed by atoms with Crippen molar-refractivity contribution in [2.75, 3.05) is 12.4 Å². The van der Waals surface area contributed by atoms with Gasteiger partial charge >= 0.3 is 6.09 Å². The van der Waals surface area contributed by atoms with Crippen molar-refractivity contribution < 1.29 is 14.3 Å². The van der Waals surface area contributed by atoms with Crippen LogP contribution in [0, 0.1) is 0 Å². The number of hydrogen-bond acceptors (Lipinski definition) is 5. The first-order valence-electron chi connectivity index (χ1n) is 6.64. The lowest BCUT2D eigenvalue weighted by molar-refractivity contribution is 0.0635. The molecular weight excluding hydrogens is 270 g/mol. The highest BCUT2D eigenvalue weighted by Gasteiger charge is 2.17. The van der Waals surface area contributed by atoms with Gasteiger partial charge in [0.15, 0.2) is 0 Å². The zero-order valence-electron chi connectivity index (χ0n) is 13.0. The minimum atomic E-state index is -0.555. The molecule has 0 aliphatic carbocycles. The van der Waals surface area contributed by atoms with Crippen LogP contribution in [0.3, 0.4) is 0 Å². The first-order valence-corrected chi connectivity index (χ1v) is 6.64. The summed E-state index contributed by atoms with van der Waals surface area (Å²) in [5, 5.41) is 2.59. The summed E-state index contributed by atoms with van der Waals surface area (Å²) in [7, 11) is 1.53. The van der Waals surface area contributed by atoms with Crippen molar-refractivity contribution in [2.24, 2.45) is 5.73 Å². The van der Waals surface area contributed by atoms with E-state index < -0.39 is 11.7 Å². The maximum absolute atomic E-state index is 11.7. The van der Waals surface area contributed by atoms with E-state index in [0.717, 1.165) is 5.56 Å². The number of nitrogens with zero attached hydrogens (tertiary/aromatic N) is 1. The summed E-state index contributed by atoms with van der Waals surface area (Å²) in [6, 6.07) is 3.25. The van der Waals surface area contributed by atoms with E-state index in [4.69, 9.17) is 15.2 Å². The van der Waals surface area contributed by atoms with Gasteiger partial charge in [0.05, 0.1) is 13.2 Å². The van der Waals surface area contributed by atoms with Crippen molar-refractivity contribution in [3.8, 4) is 0 Å². The minimum absolute atomic E-state index is 0.313. The van der Waals surface area contributed by atoms with Crippen molar-refractivity contribution in [3.63, 3.8) is 0 Å². The third kappa shape index (κ3) is 6.27. The number of pyridine rings is 1. The molecule has 1 unspecified atom stereocenters. The average Bonchev–Trinajstić information content (AvgIpc) is 2.35. The van der Waals surface area contributed by atoms with Crippen LogP contribution in [0.15, 0.2) is 30.7 Å². The van der Waals surface area contributed by atoms with E-state index in [-0.39, 0.29) is 6.04 Å². The molecule has 0 saturated heterocycles. The number of anilines is 1. The maximum Gasteiger partial charge on any atom is 0.413 e. The molecule has 0 fully saturated rings. The largest absolute Gasteiger partial charge is 0.500 e. The Balaban J connectivity index is 2.68. The fourth-order valence-corrected chi connectivity index (χ4v) is 1.60. The Morgan fingerprint density at radius 3 is 2.76 bits per heavy atom. The predicted octanol–water partition coefficient (Wildman–Crippen LogP) is 2.46. The molecule has 0 aromatic carbocycles. The highest BCUT2D eigenvalue weighted by atomic mass is 16.6. The van der Waals surface area contributed by atoms with E-state index in [1.165, 1.54) is 7.11 Å². The molecule has 6 heteroatoms. The number of aromatic nitrogens is 1. The molecule has 0 aliphatic heterocycles. The van der Waals surface area contributed by atoms with Gasteiger partial charge in [-0.1, -0.05) is 6.58 Å². The fraction of sp³-hybridized carbons (Fsp3) is 0.467. The summed E-state index contributed by atoms with van der Waals surface area (Å²) in [5.74, 6) is 0.922. The van der Waals surface area contributed by atoms with E-state index in [1.54, 1.807) is 33.0 Å². The molecule has 21 heavy (non-hydrogen) atoms. The van der Waals surface area contributed by atoms with Gasteiger partial charge in [0.25, 0.3) is 0 Å². The molecule has 0 bridgehead atoms. The third-order valence-electron chi connectivity index (χ3n) is 2.58. The van der Waals surface area contributed by atoms with Crippen LogP contribution in [0.1, 0.15) is 26.3 Å². The normalized spacial score (nSPS) is 12.4. The van der Waals surface area contributed by atoms with Crippen LogP contribution in [0.25, 0.3) is 0 Å². The smallest absolute Gasteiger partial charge is 0.413 e. The predicted molar refractivity (Wildman–Crippen MR) is 81.9 cm³/mol. The maximum atomic E-state index is 11.7. The van der Waals surface area contributed by atoms with Crippen LogP contribution in [0.2, 0.25) is 0 Å². The summed E-state index contributed by atoms with van der Waals surface area (Å²) in [5.41, 5.74) is 6.30. The van der Waals surface area contributed by atoms with E-state index in [9.17, 15) is 4.79 Å². The van der Waals surface area contributed by atoms with Crippen molar-refractivity contribution in [1.29, 1.82) is 0 Å². The second kappa shape index (κ2) is 7.08. The van der Waals surface area contributed by atoms with E-state index in [1.807, 2.05) is 6.07 Å². The first-order chi connectivity index (χ1) is 9.71. The molecule has 3 N–H and O–H groups in total. The third-order valence-corrected chi connectivity index (χ3v) is 2.58. The number of carbonyl (C=O) groups is 1. The van der Waals surface area contributed by atoms with Crippen LogP contribution in [0.5, 0.6) is 0 Å².